The molecule has 0 aromatic heterocycles. The first-order valence-corrected chi connectivity index (χ1v) is 6.75. The molecule has 1 fully saturated rings. The summed E-state index contributed by atoms with van der Waals surface area (Å²) in [5.41, 5.74) is 1.60. The quantitative estimate of drug-likeness (QED) is 0.894. The molecule has 1 N–H and O–H groups in total. The van der Waals surface area contributed by atoms with Crippen molar-refractivity contribution in [3.8, 4) is 6.07 Å². The number of urea groups is 1. The topological polar surface area (TPSA) is 65.4 Å². The summed E-state index contributed by atoms with van der Waals surface area (Å²) in [5.74, 6) is 0. The number of ether oxygens (including phenoxy) is 1. The van der Waals surface area contributed by atoms with Gasteiger partial charge in [0.2, 0.25) is 0 Å². The molecular weight excluding hydrogens is 254 g/mol. The lowest BCUT2D eigenvalue weighted by Gasteiger charge is -2.35. The van der Waals surface area contributed by atoms with Crippen LogP contribution in [0.5, 0.6) is 0 Å². The summed E-state index contributed by atoms with van der Waals surface area (Å²) < 4.78 is 5.60. The first-order chi connectivity index (χ1) is 9.58. The zero-order valence-corrected chi connectivity index (χ0v) is 11.8. The van der Waals surface area contributed by atoms with Crippen molar-refractivity contribution in [1.82, 2.24) is 10.2 Å². The highest BCUT2D eigenvalue weighted by Gasteiger charge is 2.25. The van der Waals surface area contributed by atoms with Gasteiger partial charge in [0, 0.05) is 19.6 Å². The predicted molar refractivity (Wildman–Crippen MR) is 75.0 cm³/mol. The van der Waals surface area contributed by atoms with Gasteiger partial charge in [-0.05, 0) is 31.5 Å². The number of rotatable bonds is 2. The molecule has 20 heavy (non-hydrogen) atoms. The van der Waals surface area contributed by atoms with Crippen molar-refractivity contribution in [2.75, 3.05) is 13.1 Å². The van der Waals surface area contributed by atoms with E-state index < -0.39 is 0 Å². The highest BCUT2D eigenvalue weighted by molar-refractivity contribution is 5.74. The number of carbonyl (C=O) groups excluding carboxylic acids is 1. The van der Waals surface area contributed by atoms with Crippen molar-refractivity contribution >= 4 is 6.03 Å². The van der Waals surface area contributed by atoms with Gasteiger partial charge in [-0.2, -0.15) is 5.26 Å². The number of hydrogen-bond donors (Lipinski definition) is 1. The lowest BCUT2D eigenvalue weighted by molar-refractivity contribution is -0.0545. The van der Waals surface area contributed by atoms with Gasteiger partial charge in [0.05, 0.1) is 23.8 Å². The molecule has 1 aromatic carbocycles. The Labute approximate surface area is 119 Å². The van der Waals surface area contributed by atoms with Crippen molar-refractivity contribution in [2.24, 2.45) is 0 Å². The second kappa shape index (κ2) is 6.40. The normalized spacial score (nSPS) is 22.1. The minimum atomic E-state index is -0.0728. The first-order valence-electron chi connectivity index (χ1n) is 6.75. The van der Waals surface area contributed by atoms with Crippen LogP contribution in [0.15, 0.2) is 24.3 Å². The third-order valence-electron chi connectivity index (χ3n) is 3.23. The van der Waals surface area contributed by atoms with E-state index in [0.717, 1.165) is 5.56 Å². The van der Waals surface area contributed by atoms with E-state index in [1.807, 2.05) is 26.0 Å². The van der Waals surface area contributed by atoms with Gasteiger partial charge in [0.15, 0.2) is 0 Å². The maximum absolute atomic E-state index is 12.1. The molecule has 1 aromatic rings. The van der Waals surface area contributed by atoms with E-state index in [2.05, 4.69) is 11.4 Å². The fraction of sp³-hybridized carbons (Fsp3) is 0.467. The van der Waals surface area contributed by atoms with Crippen LogP contribution < -0.4 is 5.32 Å². The molecule has 0 saturated carbocycles. The Kier molecular flexibility index (Phi) is 4.59. The Balaban J connectivity index is 1.86. The predicted octanol–water partition coefficient (Wildman–Crippen LogP) is 1.88. The highest BCUT2D eigenvalue weighted by atomic mass is 16.5. The molecule has 0 spiro atoms. The van der Waals surface area contributed by atoms with Gasteiger partial charge in [-0.3, -0.25) is 0 Å². The minimum absolute atomic E-state index is 0.0689. The van der Waals surface area contributed by atoms with E-state index in [4.69, 9.17) is 10.00 Å². The molecule has 0 aliphatic carbocycles. The van der Waals surface area contributed by atoms with E-state index in [1.165, 1.54) is 0 Å². The summed E-state index contributed by atoms with van der Waals surface area (Å²) in [6, 6.07) is 9.20. The molecule has 2 unspecified atom stereocenters. The number of nitriles is 1. The lowest BCUT2D eigenvalue weighted by Crippen LogP contribution is -2.51. The van der Waals surface area contributed by atoms with Crippen LogP contribution in [0.4, 0.5) is 4.79 Å². The van der Waals surface area contributed by atoms with Crippen LogP contribution >= 0.6 is 0 Å². The zero-order chi connectivity index (χ0) is 14.5. The molecule has 0 bridgehead atoms. The third-order valence-corrected chi connectivity index (χ3v) is 3.23. The summed E-state index contributed by atoms with van der Waals surface area (Å²) in [6.45, 7) is 5.63. The van der Waals surface area contributed by atoms with Gasteiger partial charge in [-0.25, -0.2) is 4.79 Å². The number of nitrogens with one attached hydrogen (secondary N) is 1. The average molecular weight is 273 g/mol. The van der Waals surface area contributed by atoms with Gasteiger partial charge in [0.25, 0.3) is 0 Å². The summed E-state index contributed by atoms with van der Waals surface area (Å²) >= 11 is 0. The van der Waals surface area contributed by atoms with Crippen molar-refractivity contribution in [2.45, 2.75) is 32.6 Å². The van der Waals surface area contributed by atoms with Crippen molar-refractivity contribution < 1.29 is 9.53 Å². The fourth-order valence-electron chi connectivity index (χ4n) is 2.33. The smallest absolute Gasteiger partial charge is 0.317 e. The molecule has 5 heteroatoms. The van der Waals surface area contributed by atoms with Crippen molar-refractivity contribution in [3.63, 3.8) is 0 Å². The van der Waals surface area contributed by atoms with E-state index in [9.17, 15) is 4.79 Å². The number of hydrogen-bond acceptors (Lipinski definition) is 3. The van der Waals surface area contributed by atoms with Gasteiger partial charge in [0.1, 0.15) is 0 Å². The molecule has 1 heterocycles. The van der Waals surface area contributed by atoms with Gasteiger partial charge in [-0.15, -0.1) is 0 Å². The second-order valence-corrected chi connectivity index (χ2v) is 5.13. The number of nitrogens with zero attached hydrogens (tertiary/aromatic N) is 2. The van der Waals surface area contributed by atoms with Gasteiger partial charge >= 0.3 is 6.03 Å². The van der Waals surface area contributed by atoms with Gasteiger partial charge in [-0.1, -0.05) is 12.1 Å². The minimum Gasteiger partial charge on any atom is -0.372 e. The third kappa shape index (κ3) is 3.72. The Hall–Kier alpha value is -2.06. The van der Waals surface area contributed by atoms with E-state index >= 15 is 0 Å². The number of carbonyl (C=O) groups is 1. The summed E-state index contributed by atoms with van der Waals surface area (Å²) in [7, 11) is 0. The maximum Gasteiger partial charge on any atom is 0.317 e. The van der Waals surface area contributed by atoms with Crippen LogP contribution in [-0.2, 0) is 11.3 Å². The Morgan fingerprint density at radius 2 is 1.95 bits per heavy atom. The van der Waals surface area contributed by atoms with Crippen LogP contribution in [0, 0.1) is 11.3 Å². The van der Waals surface area contributed by atoms with E-state index in [1.54, 1.807) is 17.0 Å². The largest absolute Gasteiger partial charge is 0.372 e. The van der Waals surface area contributed by atoms with Crippen LogP contribution in [0.1, 0.15) is 25.0 Å². The monoisotopic (exact) mass is 273 g/mol. The average Bonchev–Trinajstić information content (AvgIpc) is 2.44. The van der Waals surface area contributed by atoms with Gasteiger partial charge < -0.3 is 15.0 Å². The van der Waals surface area contributed by atoms with Crippen LogP contribution in [0.3, 0.4) is 0 Å². The van der Waals surface area contributed by atoms with Crippen LogP contribution in [0.2, 0.25) is 0 Å². The van der Waals surface area contributed by atoms with Crippen molar-refractivity contribution in [1.29, 1.82) is 5.26 Å². The second-order valence-electron chi connectivity index (χ2n) is 5.13. The molecule has 5 nitrogen and oxygen atoms in total. The van der Waals surface area contributed by atoms with Crippen molar-refractivity contribution in [3.05, 3.63) is 35.4 Å². The molecule has 1 aliphatic rings. The lowest BCUT2D eigenvalue weighted by atomic mass is 10.1. The molecule has 1 saturated heterocycles. The maximum atomic E-state index is 12.1. The standard InChI is InChI=1S/C15H19N3O2/c1-11-9-18(10-12(2)20-11)15(19)17-8-14-5-3-13(7-16)4-6-14/h3-6,11-12H,8-10H2,1-2H3,(H,17,19). The molecule has 0 radical (unpaired) electrons. The Morgan fingerprint density at radius 3 is 2.50 bits per heavy atom. The Morgan fingerprint density at radius 1 is 1.35 bits per heavy atom. The summed E-state index contributed by atoms with van der Waals surface area (Å²) in [6.07, 6.45) is 0.138. The first kappa shape index (κ1) is 14.4. The molecule has 2 rings (SSSR count). The highest BCUT2D eigenvalue weighted by Crippen LogP contribution is 2.11. The Bertz CT molecular complexity index is 497. The summed E-state index contributed by atoms with van der Waals surface area (Å²) in [5, 5.41) is 11.6. The van der Waals surface area contributed by atoms with E-state index in [-0.39, 0.29) is 18.2 Å². The number of amides is 2. The molecular formula is C15H19N3O2. The summed E-state index contributed by atoms with van der Waals surface area (Å²) in [4.78, 5) is 13.9. The van der Waals surface area contributed by atoms with Crippen LogP contribution in [-0.4, -0.2) is 36.2 Å². The van der Waals surface area contributed by atoms with Crippen LogP contribution in [0.25, 0.3) is 0 Å². The molecule has 106 valence electrons. The molecule has 2 amide bonds. The molecule has 1 aliphatic heterocycles. The SMILES string of the molecule is CC1CN(C(=O)NCc2ccc(C#N)cc2)CC(C)O1. The van der Waals surface area contributed by atoms with E-state index in [0.29, 0.717) is 25.2 Å². The fourth-order valence-corrected chi connectivity index (χ4v) is 2.33. The number of benzene rings is 1. The number of morpholine rings is 1. The zero-order valence-electron chi connectivity index (χ0n) is 11.8. The molecule has 2 atom stereocenters.